The van der Waals surface area contributed by atoms with Crippen molar-refractivity contribution in [3.05, 3.63) is 22.4 Å². The number of carbonyl (C=O) groups excluding carboxylic acids is 1. The molecule has 0 radical (unpaired) electrons. The van der Waals surface area contributed by atoms with Crippen LogP contribution in [0, 0.1) is 0 Å². The van der Waals surface area contributed by atoms with Gasteiger partial charge in [-0.1, -0.05) is 0 Å². The highest BCUT2D eigenvalue weighted by Crippen LogP contribution is 2.08. The van der Waals surface area contributed by atoms with Crippen molar-refractivity contribution < 1.29 is 4.79 Å². The Morgan fingerprint density at radius 3 is 2.85 bits per heavy atom. The maximum absolute atomic E-state index is 10.9. The molecule has 0 atom stereocenters. The fourth-order valence-electron chi connectivity index (χ4n) is 0.803. The van der Waals surface area contributed by atoms with Gasteiger partial charge in [-0.15, -0.1) is 0 Å². The molecule has 4 heteroatoms. The van der Waals surface area contributed by atoms with Crippen LogP contribution in [0.15, 0.2) is 16.8 Å². The highest BCUT2D eigenvalue weighted by molar-refractivity contribution is 7.07. The number of thiophene rings is 1. The van der Waals surface area contributed by atoms with Crippen molar-refractivity contribution in [1.29, 1.82) is 0 Å². The maximum Gasteiger partial charge on any atom is 0.237 e. The van der Waals surface area contributed by atoms with E-state index in [4.69, 9.17) is 5.73 Å². The van der Waals surface area contributed by atoms with Crippen molar-refractivity contribution in [3.8, 4) is 0 Å². The van der Waals surface area contributed by atoms with Crippen LogP contribution in [0.5, 0.6) is 0 Å². The topological polar surface area (TPSA) is 55.1 Å². The van der Waals surface area contributed by atoms with E-state index in [1.165, 1.54) is 5.56 Å². The van der Waals surface area contributed by atoms with E-state index in [1.54, 1.807) is 25.2 Å². The minimum Gasteiger partial charge on any atom is -0.368 e. The van der Waals surface area contributed by atoms with Gasteiger partial charge < -0.3 is 5.73 Å². The summed E-state index contributed by atoms with van der Waals surface area (Å²) in [7, 11) is 0. The van der Waals surface area contributed by atoms with Crippen LogP contribution in [-0.4, -0.2) is 11.4 Å². The summed E-state index contributed by atoms with van der Waals surface area (Å²) < 4.78 is 0. The summed E-state index contributed by atoms with van der Waals surface area (Å²) in [6.07, 6.45) is 0. The van der Waals surface area contributed by atoms with Crippen LogP contribution in [0.4, 0.5) is 0 Å². The summed E-state index contributed by atoms with van der Waals surface area (Å²) in [4.78, 5) is 10.9. The SMILES string of the molecule is CC(C)(NCc1ccsc1)C(N)=O. The normalized spacial score (nSPS) is 11.5. The fourth-order valence-corrected chi connectivity index (χ4v) is 1.47. The van der Waals surface area contributed by atoms with Gasteiger partial charge in [0.15, 0.2) is 0 Å². The Bertz CT molecular complexity index is 280. The summed E-state index contributed by atoms with van der Waals surface area (Å²) in [5.41, 5.74) is 5.75. The van der Waals surface area contributed by atoms with Gasteiger partial charge in [-0.25, -0.2) is 0 Å². The van der Waals surface area contributed by atoms with E-state index < -0.39 is 5.54 Å². The molecule has 72 valence electrons. The van der Waals surface area contributed by atoms with Crippen LogP contribution in [-0.2, 0) is 11.3 Å². The van der Waals surface area contributed by atoms with Crippen LogP contribution in [0.1, 0.15) is 19.4 Å². The molecule has 1 rings (SSSR count). The highest BCUT2D eigenvalue weighted by Gasteiger charge is 2.23. The average Bonchev–Trinajstić information content (AvgIpc) is 2.52. The second-order valence-corrected chi connectivity index (χ2v) is 4.25. The first-order valence-electron chi connectivity index (χ1n) is 4.08. The largest absolute Gasteiger partial charge is 0.368 e. The van der Waals surface area contributed by atoms with Gasteiger partial charge in [-0.2, -0.15) is 11.3 Å². The first-order chi connectivity index (χ1) is 6.02. The molecular formula is C9H14N2OS. The molecule has 13 heavy (non-hydrogen) atoms. The van der Waals surface area contributed by atoms with Gasteiger partial charge in [-0.3, -0.25) is 10.1 Å². The lowest BCUT2D eigenvalue weighted by molar-refractivity contribution is -0.123. The Morgan fingerprint density at radius 1 is 1.69 bits per heavy atom. The molecule has 0 saturated heterocycles. The lowest BCUT2D eigenvalue weighted by atomic mass is 10.1. The molecule has 0 aliphatic carbocycles. The van der Waals surface area contributed by atoms with Crippen LogP contribution in [0.3, 0.4) is 0 Å². The highest BCUT2D eigenvalue weighted by atomic mass is 32.1. The van der Waals surface area contributed by atoms with Gasteiger partial charge in [0.2, 0.25) is 5.91 Å². The van der Waals surface area contributed by atoms with Gasteiger partial charge in [0, 0.05) is 6.54 Å². The molecular weight excluding hydrogens is 184 g/mol. The molecule has 0 bridgehead atoms. The molecule has 1 heterocycles. The zero-order valence-electron chi connectivity index (χ0n) is 7.83. The smallest absolute Gasteiger partial charge is 0.237 e. The predicted molar refractivity (Wildman–Crippen MR) is 54.4 cm³/mol. The Hall–Kier alpha value is -0.870. The third-order valence-electron chi connectivity index (χ3n) is 1.93. The van der Waals surface area contributed by atoms with Gasteiger partial charge in [0.1, 0.15) is 0 Å². The standard InChI is InChI=1S/C9H14N2OS/c1-9(2,8(10)12)11-5-7-3-4-13-6-7/h3-4,6,11H,5H2,1-2H3,(H2,10,12). The van der Waals surface area contributed by atoms with Crippen molar-refractivity contribution in [1.82, 2.24) is 5.32 Å². The average molecular weight is 198 g/mol. The third kappa shape index (κ3) is 2.82. The molecule has 0 saturated carbocycles. The van der Waals surface area contributed by atoms with Crippen LogP contribution in [0.25, 0.3) is 0 Å². The van der Waals surface area contributed by atoms with E-state index in [0.29, 0.717) is 6.54 Å². The van der Waals surface area contributed by atoms with E-state index in [1.807, 2.05) is 16.8 Å². The molecule has 0 aliphatic rings. The van der Waals surface area contributed by atoms with Crippen LogP contribution < -0.4 is 11.1 Å². The van der Waals surface area contributed by atoms with Gasteiger partial charge in [0.05, 0.1) is 5.54 Å². The number of amides is 1. The monoisotopic (exact) mass is 198 g/mol. The van der Waals surface area contributed by atoms with Crippen molar-refractivity contribution in [2.24, 2.45) is 5.73 Å². The summed E-state index contributed by atoms with van der Waals surface area (Å²) in [6, 6.07) is 2.02. The first-order valence-corrected chi connectivity index (χ1v) is 5.02. The predicted octanol–water partition coefficient (Wildman–Crippen LogP) is 1.10. The van der Waals surface area contributed by atoms with Crippen LogP contribution >= 0.6 is 11.3 Å². The van der Waals surface area contributed by atoms with Gasteiger partial charge >= 0.3 is 0 Å². The fraction of sp³-hybridized carbons (Fsp3) is 0.444. The molecule has 0 fully saturated rings. The lowest BCUT2D eigenvalue weighted by Gasteiger charge is -2.21. The summed E-state index contributed by atoms with van der Waals surface area (Å²) in [6.45, 7) is 4.24. The summed E-state index contributed by atoms with van der Waals surface area (Å²) in [5, 5.41) is 7.15. The zero-order chi connectivity index (χ0) is 9.90. The minimum absolute atomic E-state index is 0.331. The molecule has 1 aromatic heterocycles. The number of nitrogens with two attached hydrogens (primary N) is 1. The number of hydrogen-bond donors (Lipinski definition) is 2. The second-order valence-electron chi connectivity index (χ2n) is 3.47. The zero-order valence-corrected chi connectivity index (χ0v) is 8.65. The van der Waals surface area contributed by atoms with E-state index in [2.05, 4.69) is 5.32 Å². The molecule has 0 unspecified atom stereocenters. The molecule has 3 nitrogen and oxygen atoms in total. The van der Waals surface area contributed by atoms with E-state index >= 15 is 0 Å². The number of primary amides is 1. The van der Waals surface area contributed by atoms with E-state index in [0.717, 1.165) is 0 Å². The van der Waals surface area contributed by atoms with Crippen molar-refractivity contribution >= 4 is 17.2 Å². The van der Waals surface area contributed by atoms with E-state index in [-0.39, 0.29) is 5.91 Å². The number of nitrogens with one attached hydrogen (secondary N) is 1. The molecule has 1 amide bonds. The molecule has 0 spiro atoms. The first kappa shape index (κ1) is 10.2. The Kier molecular flexibility index (Phi) is 3.06. The Labute approximate surface area is 81.9 Å². The molecule has 3 N–H and O–H groups in total. The number of rotatable bonds is 4. The summed E-state index contributed by atoms with van der Waals surface area (Å²) >= 11 is 1.64. The van der Waals surface area contributed by atoms with Gasteiger partial charge in [-0.05, 0) is 36.2 Å². The molecule has 1 aromatic rings. The Morgan fingerprint density at radius 2 is 2.38 bits per heavy atom. The van der Waals surface area contributed by atoms with Crippen LogP contribution in [0.2, 0.25) is 0 Å². The van der Waals surface area contributed by atoms with E-state index in [9.17, 15) is 4.79 Å². The maximum atomic E-state index is 10.9. The number of hydrogen-bond acceptors (Lipinski definition) is 3. The van der Waals surface area contributed by atoms with Gasteiger partial charge in [0.25, 0.3) is 0 Å². The molecule has 0 aliphatic heterocycles. The summed E-state index contributed by atoms with van der Waals surface area (Å²) in [5.74, 6) is -0.331. The van der Waals surface area contributed by atoms with Crippen molar-refractivity contribution in [2.75, 3.05) is 0 Å². The van der Waals surface area contributed by atoms with Crippen molar-refractivity contribution in [3.63, 3.8) is 0 Å². The number of carbonyl (C=O) groups is 1. The van der Waals surface area contributed by atoms with Crippen molar-refractivity contribution in [2.45, 2.75) is 25.9 Å². The third-order valence-corrected chi connectivity index (χ3v) is 2.66. The minimum atomic E-state index is -0.637. The Balaban J connectivity index is 2.47. The lowest BCUT2D eigenvalue weighted by Crippen LogP contribution is -2.50. The second kappa shape index (κ2) is 3.89. The quantitative estimate of drug-likeness (QED) is 0.761. The molecule has 0 aromatic carbocycles.